The summed E-state index contributed by atoms with van der Waals surface area (Å²) in [5, 5.41) is 2.91. The Morgan fingerprint density at radius 1 is 1.09 bits per heavy atom. The molecule has 23 heavy (non-hydrogen) atoms. The average molecular weight is 319 g/mol. The SMILES string of the molecule is CCOC(=O)N1CCN(CC(=O)Nc2ccc(CC)cc2)CC1. The van der Waals surface area contributed by atoms with Crippen LogP contribution in [0, 0.1) is 0 Å². The molecule has 1 aliphatic heterocycles. The molecule has 0 spiro atoms. The molecular formula is C17H25N3O3. The molecule has 2 amide bonds. The molecule has 6 heteroatoms. The van der Waals surface area contributed by atoms with E-state index >= 15 is 0 Å². The van der Waals surface area contributed by atoms with Crippen LogP contribution in [0.25, 0.3) is 0 Å². The van der Waals surface area contributed by atoms with Crippen LogP contribution in [0.15, 0.2) is 24.3 Å². The summed E-state index contributed by atoms with van der Waals surface area (Å²) in [6.07, 6.45) is 0.714. The van der Waals surface area contributed by atoms with Gasteiger partial charge in [0, 0.05) is 31.9 Å². The number of benzene rings is 1. The number of ether oxygens (including phenoxy) is 1. The van der Waals surface area contributed by atoms with Gasteiger partial charge in [0.05, 0.1) is 13.2 Å². The highest BCUT2D eigenvalue weighted by Gasteiger charge is 2.23. The Hall–Kier alpha value is -2.08. The number of piperazine rings is 1. The number of hydrogen-bond acceptors (Lipinski definition) is 4. The van der Waals surface area contributed by atoms with Crippen molar-refractivity contribution in [1.29, 1.82) is 0 Å². The quantitative estimate of drug-likeness (QED) is 0.901. The molecule has 0 unspecified atom stereocenters. The first-order chi connectivity index (χ1) is 11.1. The normalized spacial score (nSPS) is 15.3. The second kappa shape index (κ2) is 8.53. The number of carbonyl (C=O) groups excluding carboxylic acids is 2. The Morgan fingerprint density at radius 3 is 2.30 bits per heavy atom. The minimum Gasteiger partial charge on any atom is -0.450 e. The van der Waals surface area contributed by atoms with E-state index < -0.39 is 0 Å². The Morgan fingerprint density at radius 2 is 1.74 bits per heavy atom. The summed E-state index contributed by atoms with van der Waals surface area (Å²) in [4.78, 5) is 27.5. The van der Waals surface area contributed by atoms with E-state index in [0.717, 1.165) is 12.1 Å². The molecule has 0 aliphatic carbocycles. The molecule has 1 fully saturated rings. The smallest absolute Gasteiger partial charge is 0.409 e. The fourth-order valence-corrected chi connectivity index (χ4v) is 2.53. The molecule has 0 aromatic heterocycles. The lowest BCUT2D eigenvalue weighted by atomic mass is 10.1. The van der Waals surface area contributed by atoms with E-state index in [1.165, 1.54) is 5.56 Å². The maximum atomic E-state index is 12.1. The van der Waals surface area contributed by atoms with E-state index in [0.29, 0.717) is 39.3 Å². The zero-order valence-electron chi connectivity index (χ0n) is 13.9. The van der Waals surface area contributed by atoms with Crippen LogP contribution in [-0.2, 0) is 16.0 Å². The van der Waals surface area contributed by atoms with E-state index in [4.69, 9.17) is 4.74 Å². The second-order valence-electron chi connectivity index (χ2n) is 5.56. The average Bonchev–Trinajstić information content (AvgIpc) is 2.56. The van der Waals surface area contributed by atoms with Crippen molar-refractivity contribution < 1.29 is 14.3 Å². The minimum atomic E-state index is -0.271. The maximum Gasteiger partial charge on any atom is 0.409 e. The summed E-state index contributed by atoms with van der Waals surface area (Å²) < 4.78 is 4.98. The molecule has 1 aliphatic rings. The van der Waals surface area contributed by atoms with E-state index in [-0.39, 0.29) is 12.0 Å². The molecule has 126 valence electrons. The number of nitrogens with zero attached hydrogens (tertiary/aromatic N) is 2. The van der Waals surface area contributed by atoms with Crippen molar-refractivity contribution in [2.75, 3.05) is 44.6 Å². The molecule has 0 radical (unpaired) electrons. The largest absolute Gasteiger partial charge is 0.450 e. The Balaban J connectivity index is 1.75. The van der Waals surface area contributed by atoms with Crippen LogP contribution in [0.4, 0.5) is 10.5 Å². The fourth-order valence-electron chi connectivity index (χ4n) is 2.53. The summed E-state index contributed by atoms with van der Waals surface area (Å²) in [7, 11) is 0. The third-order valence-electron chi connectivity index (χ3n) is 3.91. The zero-order chi connectivity index (χ0) is 16.7. The van der Waals surface area contributed by atoms with Crippen molar-refractivity contribution in [3.05, 3.63) is 29.8 Å². The summed E-state index contributed by atoms with van der Waals surface area (Å²) in [5.41, 5.74) is 2.07. The summed E-state index contributed by atoms with van der Waals surface area (Å²) in [6, 6.07) is 7.90. The van der Waals surface area contributed by atoms with Gasteiger partial charge in [-0.3, -0.25) is 9.69 Å². The van der Waals surface area contributed by atoms with Crippen LogP contribution in [0.1, 0.15) is 19.4 Å². The topological polar surface area (TPSA) is 61.9 Å². The first-order valence-corrected chi connectivity index (χ1v) is 8.15. The van der Waals surface area contributed by atoms with Crippen LogP contribution in [0.3, 0.4) is 0 Å². The lowest BCUT2D eigenvalue weighted by Gasteiger charge is -2.33. The van der Waals surface area contributed by atoms with Crippen molar-refractivity contribution >= 4 is 17.7 Å². The molecule has 0 saturated carbocycles. The van der Waals surface area contributed by atoms with Gasteiger partial charge in [-0.25, -0.2) is 4.79 Å². The summed E-state index contributed by atoms with van der Waals surface area (Å²) in [5.74, 6) is -0.0289. The van der Waals surface area contributed by atoms with Gasteiger partial charge < -0.3 is 15.0 Å². The van der Waals surface area contributed by atoms with Gasteiger partial charge in [-0.1, -0.05) is 19.1 Å². The van der Waals surface area contributed by atoms with Crippen LogP contribution >= 0.6 is 0 Å². The number of nitrogens with one attached hydrogen (secondary N) is 1. The number of carbonyl (C=O) groups is 2. The Labute approximate surface area is 137 Å². The first kappa shape index (κ1) is 17.3. The number of amides is 2. The highest BCUT2D eigenvalue weighted by Crippen LogP contribution is 2.10. The molecule has 2 rings (SSSR count). The third kappa shape index (κ3) is 5.25. The van der Waals surface area contributed by atoms with E-state index in [9.17, 15) is 9.59 Å². The predicted octanol–water partition coefficient (Wildman–Crippen LogP) is 1.96. The fraction of sp³-hybridized carbons (Fsp3) is 0.529. The van der Waals surface area contributed by atoms with E-state index in [1.54, 1.807) is 11.8 Å². The number of hydrogen-bond donors (Lipinski definition) is 1. The Bertz CT molecular complexity index is 522. The van der Waals surface area contributed by atoms with Gasteiger partial charge >= 0.3 is 6.09 Å². The lowest BCUT2D eigenvalue weighted by Crippen LogP contribution is -2.50. The highest BCUT2D eigenvalue weighted by atomic mass is 16.6. The first-order valence-electron chi connectivity index (χ1n) is 8.15. The summed E-state index contributed by atoms with van der Waals surface area (Å²) in [6.45, 7) is 7.18. The standard InChI is InChI=1S/C17H25N3O3/c1-3-14-5-7-15(8-6-14)18-16(21)13-19-9-11-20(12-10-19)17(22)23-4-2/h5-8H,3-4,9-13H2,1-2H3,(H,18,21). The molecule has 6 nitrogen and oxygen atoms in total. The van der Waals surface area contributed by atoms with Gasteiger partial charge in [-0.05, 0) is 31.0 Å². The molecule has 1 N–H and O–H groups in total. The van der Waals surface area contributed by atoms with Crippen molar-refractivity contribution in [2.24, 2.45) is 0 Å². The van der Waals surface area contributed by atoms with Gasteiger partial charge in [0.15, 0.2) is 0 Å². The van der Waals surface area contributed by atoms with Crippen LogP contribution in [0.2, 0.25) is 0 Å². The lowest BCUT2D eigenvalue weighted by molar-refractivity contribution is -0.117. The summed E-state index contributed by atoms with van der Waals surface area (Å²) >= 11 is 0. The van der Waals surface area contributed by atoms with Crippen molar-refractivity contribution in [3.8, 4) is 0 Å². The molecule has 1 heterocycles. The van der Waals surface area contributed by atoms with Crippen molar-refractivity contribution in [1.82, 2.24) is 9.80 Å². The van der Waals surface area contributed by atoms with Crippen LogP contribution in [0.5, 0.6) is 0 Å². The van der Waals surface area contributed by atoms with Gasteiger partial charge in [-0.2, -0.15) is 0 Å². The Kier molecular flexibility index (Phi) is 6.40. The second-order valence-corrected chi connectivity index (χ2v) is 5.56. The third-order valence-corrected chi connectivity index (χ3v) is 3.91. The molecular weight excluding hydrogens is 294 g/mol. The maximum absolute atomic E-state index is 12.1. The van der Waals surface area contributed by atoms with Crippen LogP contribution in [-0.4, -0.2) is 61.1 Å². The predicted molar refractivity (Wildman–Crippen MR) is 89.5 cm³/mol. The monoisotopic (exact) mass is 319 g/mol. The molecule has 1 aromatic rings. The van der Waals surface area contributed by atoms with Gasteiger partial charge in [0.2, 0.25) is 5.91 Å². The van der Waals surface area contributed by atoms with Crippen molar-refractivity contribution in [2.45, 2.75) is 20.3 Å². The molecule has 0 bridgehead atoms. The zero-order valence-corrected chi connectivity index (χ0v) is 13.9. The highest BCUT2D eigenvalue weighted by molar-refractivity contribution is 5.92. The minimum absolute atomic E-state index is 0.0289. The van der Waals surface area contributed by atoms with Gasteiger partial charge in [0.1, 0.15) is 0 Å². The van der Waals surface area contributed by atoms with Crippen LogP contribution < -0.4 is 5.32 Å². The number of rotatable bonds is 5. The van der Waals surface area contributed by atoms with E-state index in [1.807, 2.05) is 29.2 Å². The molecule has 1 aromatic carbocycles. The molecule has 1 saturated heterocycles. The number of anilines is 1. The molecule has 0 atom stereocenters. The van der Waals surface area contributed by atoms with Gasteiger partial charge in [0.25, 0.3) is 0 Å². The van der Waals surface area contributed by atoms with Gasteiger partial charge in [-0.15, -0.1) is 0 Å². The van der Waals surface area contributed by atoms with Crippen molar-refractivity contribution in [3.63, 3.8) is 0 Å². The number of aryl methyl sites for hydroxylation is 1. The van der Waals surface area contributed by atoms with E-state index in [2.05, 4.69) is 12.2 Å².